The summed E-state index contributed by atoms with van der Waals surface area (Å²) in [4.78, 5) is 12.2. The van der Waals surface area contributed by atoms with Crippen LogP contribution in [0.1, 0.15) is 66.2 Å². The molecule has 2 nitrogen and oxygen atoms in total. The first-order chi connectivity index (χ1) is 9.56. The number of hydrogen-bond donors (Lipinski definition) is 0. The van der Waals surface area contributed by atoms with Gasteiger partial charge in [-0.05, 0) is 68.5 Å². The van der Waals surface area contributed by atoms with Gasteiger partial charge in [0.25, 0.3) is 0 Å². The summed E-state index contributed by atoms with van der Waals surface area (Å²) in [5.41, 5.74) is 0.400. The molecule has 4 atom stereocenters. The molecular weight excluding hydrogens is 276 g/mol. The third-order valence-electron chi connectivity index (χ3n) is 7.52. The molecule has 0 radical (unpaired) electrons. The van der Waals surface area contributed by atoms with Gasteiger partial charge in [0, 0.05) is 11.5 Å². The van der Waals surface area contributed by atoms with Gasteiger partial charge in [-0.1, -0.05) is 27.2 Å². The largest absolute Gasteiger partial charge is 0.414 e. The predicted molar refractivity (Wildman–Crippen MR) is 88.8 cm³/mol. The highest BCUT2D eigenvalue weighted by Gasteiger charge is 2.77. The molecule has 0 aromatic rings. The summed E-state index contributed by atoms with van der Waals surface area (Å²) in [7, 11) is -1.70. The second-order valence-electron chi connectivity index (χ2n) is 9.43. The molecule has 21 heavy (non-hydrogen) atoms. The van der Waals surface area contributed by atoms with Crippen LogP contribution in [-0.2, 0) is 9.22 Å². The molecule has 3 rings (SSSR count). The van der Waals surface area contributed by atoms with Crippen LogP contribution < -0.4 is 0 Å². The Bertz CT molecular complexity index is 464. The number of hydrogen-bond acceptors (Lipinski definition) is 2. The van der Waals surface area contributed by atoms with Gasteiger partial charge in [-0.3, -0.25) is 4.79 Å². The topological polar surface area (TPSA) is 26.3 Å². The molecule has 3 fully saturated rings. The molecule has 3 aliphatic rings. The third-order valence-corrected chi connectivity index (χ3v) is 12.0. The summed E-state index contributed by atoms with van der Waals surface area (Å²) < 4.78 is 6.80. The van der Waals surface area contributed by atoms with E-state index in [1.165, 1.54) is 25.7 Å². The number of carbonyl (C=O) groups excluding carboxylic acids is 1. The fourth-order valence-corrected chi connectivity index (χ4v) is 6.61. The highest BCUT2D eigenvalue weighted by molar-refractivity contribution is 6.74. The minimum Gasteiger partial charge on any atom is -0.414 e. The predicted octanol–water partition coefficient (Wildman–Crippen LogP) is 4.94. The fourth-order valence-electron chi connectivity index (χ4n) is 5.22. The smallest absolute Gasteiger partial charge is 0.192 e. The highest BCUT2D eigenvalue weighted by atomic mass is 28.4. The van der Waals surface area contributed by atoms with Crippen LogP contribution in [0.3, 0.4) is 0 Å². The molecule has 0 amide bonds. The van der Waals surface area contributed by atoms with Crippen LogP contribution in [0, 0.1) is 16.7 Å². The van der Waals surface area contributed by atoms with Crippen LogP contribution >= 0.6 is 0 Å². The van der Waals surface area contributed by atoms with Gasteiger partial charge in [0.05, 0.1) is 0 Å². The Morgan fingerprint density at radius 1 is 1.19 bits per heavy atom. The van der Waals surface area contributed by atoms with Crippen molar-refractivity contribution in [3.8, 4) is 0 Å². The second-order valence-corrected chi connectivity index (χ2v) is 14.2. The Kier molecular flexibility index (Phi) is 3.33. The highest BCUT2D eigenvalue weighted by Crippen LogP contribution is 2.80. The van der Waals surface area contributed by atoms with Crippen molar-refractivity contribution in [2.75, 3.05) is 0 Å². The van der Waals surface area contributed by atoms with Gasteiger partial charge < -0.3 is 4.43 Å². The van der Waals surface area contributed by atoms with Gasteiger partial charge in [-0.25, -0.2) is 0 Å². The SMILES string of the molecule is CC(=O)[C@]12CC[C@H]3[C@@H](O[Si](C)(C)C(C)(C)C)CCC[C@@]31C2. The molecule has 3 aliphatic carbocycles. The number of Topliss-reactive ketones (excluding diaryl/α,β-unsaturated/α-hetero) is 1. The summed E-state index contributed by atoms with van der Waals surface area (Å²) in [6.07, 6.45) is 7.68. The molecule has 1 spiro atoms. The molecule has 0 bridgehead atoms. The second kappa shape index (κ2) is 4.44. The van der Waals surface area contributed by atoms with Crippen molar-refractivity contribution < 1.29 is 9.22 Å². The van der Waals surface area contributed by atoms with E-state index in [2.05, 4.69) is 33.9 Å². The number of carbonyl (C=O) groups is 1. The van der Waals surface area contributed by atoms with Crippen molar-refractivity contribution in [2.45, 2.75) is 90.5 Å². The van der Waals surface area contributed by atoms with Gasteiger partial charge in [-0.15, -0.1) is 0 Å². The summed E-state index contributed by atoms with van der Waals surface area (Å²) in [5, 5.41) is 0.275. The summed E-state index contributed by atoms with van der Waals surface area (Å²) in [6, 6.07) is 0. The zero-order valence-electron chi connectivity index (χ0n) is 14.7. The van der Waals surface area contributed by atoms with Crippen molar-refractivity contribution in [2.24, 2.45) is 16.7 Å². The minimum atomic E-state index is -1.70. The molecule has 0 aromatic carbocycles. The van der Waals surface area contributed by atoms with Crippen molar-refractivity contribution in [1.29, 1.82) is 0 Å². The van der Waals surface area contributed by atoms with Gasteiger partial charge in [-0.2, -0.15) is 0 Å². The number of ketones is 1. The molecule has 0 saturated heterocycles. The quantitative estimate of drug-likeness (QED) is 0.691. The summed E-state index contributed by atoms with van der Waals surface area (Å²) in [5.74, 6) is 1.11. The van der Waals surface area contributed by atoms with Crippen LogP contribution in [-0.4, -0.2) is 20.2 Å². The fraction of sp³-hybridized carbons (Fsp3) is 0.944. The maximum atomic E-state index is 12.2. The Labute approximate surface area is 131 Å². The van der Waals surface area contributed by atoms with E-state index in [1.807, 2.05) is 6.92 Å². The lowest BCUT2D eigenvalue weighted by molar-refractivity contribution is -0.123. The van der Waals surface area contributed by atoms with Crippen LogP contribution in [0.5, 0.6) is 0 Å². The normalized spacial score (nSPS) is 42.4. The molecule has 0 aliphatic heterocycles. The average molecular weight is 309 g/mol. The van der Waals surface area contributed by atoms with Crippen molar-refractivity contribution in [1.82, 2.24) is 0 Å². The molecule has 3 heteroatoms. The molecule has 120 valence electrons. The van der Waals surface area contributed by atoms with E-state index in [1.54, 1.807) is 0 Å². The Morgan fingerprint density at radius 3 is 2.38 bits per heavy atom. The van der Waals surface area contributed by atoms with E-state index in [0.717, 1.165) is 12.8 Å². The first-order valence-electron chi connectivity index (χ1n) is 8.75. The maximum absolute atomic E-state index is 12.2. The first-order valence-corrected chi connectivity index (χ1v) is 11.7. The van der Waals surface area contributed by atoms with Crippen LogP contribution in [0.4, 0.5) is 0 Å². The van der Waals surface area contributed by atoms with Crippen LogP contribution in [0.25, 0.3) is 0 Å². The minimum absolute atomic E-state index is 0.0626. The van der Waals surface area contributed by atoms with E-state index in [9.17, 15) is 4.79 Å². The van der Waals surface area contributed by atoms with Crippen molar-refractivity contribution in [3.05, 3.63) is 0 Å². The Balaban J connectivity index is 1.80. The summed E-state index contributed by atoms with van der Waals surface area (Å²) >= 11 is 0. The molecule has 0 heterocycles. The van der Waals surface area contributed by atoms with Gasteiger partial charge in [0.15, 0.2) is 8.32 Å². The molecular formula is C18H32O2Si. The van der Waals surface area contributed by atoms with E-state index in [4.69, 9.17) is 4.43 Å². The Hall–Kier alpha value is -0.153. The van der Waals surface area contributed by atoms with Gasteiger partial charge in [0.2, 0.25) is 0 Å². The lowest BCUT2D eigenvalue weighted by Crippen LogP contribution is -2.48. The van der Waals surface area contributed by atoms with Crippen LogP contribution in [0.15, 0.2) is 0 Å². The maximum Gasteiger partial charge on any atom is 0.192 e. The van der Waals surface area contributed by atoms with E-state index in [0.29, 0.717) is 23.2 Å². The van der Waals surface area contributed by atoms with Gasteiger partial charge in [0.1, 0.15) is 5.78 Å². The van der Waals surface area contributed by atoms with E-state index in [-0.39, 0.29) is 10.5 Å². The zero-order valence-corrected chi connectivity index (χ0v) is 15.7. The molecule has 0 unspecified atom stereocenters. The van der Waals surface area contributed by atoms with E-state index < -0.39 is 8.32 Å². The monoisotopic (exact) mass is 308 g/mol. The lowest BCUT2D eigenvalue weighted by atomic mass is 9.74. The zero-order chi connectivity index (χ0) is 15.7. The standard InChI is InChI=1S/C18H32O2Si/c1-13(19)17-11-9-14-15(8-7-10-18(14,17)12-17)20-21(5,6)16(2,3)4/h14-15H,7-12H2,1-6H3/t14-,15-,17+,18+/m0/s1. The molecule has 0 N–H and O–H groups in total. The van der Waals surface area contributed by atoms with Crippen molar-refractivity contribution in [3.63, 3.8) is 0 Å². The first kappa shape index (κ1) is 15.7. The van der Waals surface area contributed by atoms with Gasteiger partial charge >= 0.3 is 0 Å². The third kappa shape index (κ3) is 2.03. The average Bonchev–Trinajstić information content (AvgIpc) is 2.86. The van der Waals surface area contributed by atoms with Crippen LogP contribution in [0.2, 0.25) is 18.1 Å². The summed E-state index contributed by atoms with van der Waals surface area (Å²) in [6.45, 7) is 13.5. The lowest BCUT2D eigenvalue weighted by Gasteiger charge is -2.45. The molecule has 0 aromatic heterocycles. The Morgan fingerprint density at radius 2 is 1.86 bits per heavy atom. The molecule has 3 saturated carbocycles. The number of rotatable bonds is 3. The van der Waals surface area contributed by atoms with E-state index >= 15 is 0 Å². The van der Waals surface area contributed by atoms with Crippen molar-refractivity contribution >= 4 is 14.1 Å².